The van der Waals surface area contributed by atoms with E-state index < -0.39 is 0 Å². The Labute approximate surface area is 145 Å². The van der Waals surface area contributed by atoms with Crippen LogP contribution in [0.5, 0.6) is 0 Å². The van der Waals surface area contributed by atoms with Crippen LogP contribution >= 0.6 is 39.1 Å². The molecule has 0 saturated carbocycles. The minimum Gasteiger partial charge on any atom is -0.365 e. The predicted molar refractivity (Wildman–Crippen MR) is 96.8 cm³/mol. The molecule has 0 spiro atoms. The molecule has 1 nitrogen and oxygen atoms in total. The Morgan fingerprint density at radius 1 is 1.14 bits per heavy atom. The van der Waals surface area contributed by atoms with Crippen molar-refractivity contribution in [3.8, 4) is 0 Å². The summed E-state index contributed by atoms with van der Waals surface area (Å²) < 4.78 is 1.00. The van der Waals surface area contributed by atoms with Gasteiger partial charge in [0.25, 0.3) is 0 Å². The first-order valence-corrected chi connectivity index (χ1v) is 8.46. The van der Waals surface area contributed by atoms with Crippen molar-refractivity contribution in [2.24, 2.45) is 0 Å². The number of rotatable bonds is 4. The first-order chi connectivity index (χ1) is 9.92. The lowest BCUT2D eigenvalue weighted by Crippen LogP contribution is -2.26. The Morgan fingerprint density at radius 2 is 1.86 bits per heavy atom. The zero-order valence-corrected chi connectivity index (χ0v) is 15.4. The van der Waals surface area contributed by atoms with Crippen molar-refractivity contribution < 1.29 is 0 Å². The van der Waals surface area contributed by atoms with E-state index in [9.17, 15) is 0 Å². The fourth-order valence-corrected chi connectivity index (χ4v) is 3.49. The molecular formula is C17H18BrCl2N. The van der Waals surface area contributed by atoms with Crippen molar-refractivity contribution in [1.82, 2.24) is 0 Å². The molecule has 0 fully saturated rings. The number of aryl methyl sites for hydroxylation is 1. The second-order valence-corrected chi connectivity index (χ2v) is 6.86. The van der Waals surface area contributed by atoms with Gasteiger partial charge < -0.3 is 4.90 Å². The molecule has 0 amide bonds. The zero-order chi connectivity index (χ0) is 15.6. The molecule has 0 aliphatic rings. The number of nitrogens with zero attached hydrogens (tertiary/aromatic N) is 1. The molecule has 112 valence electrons. The molecule has 4 heteroatoms. The van der Waals surface area contributed by atoms with Gasteiger partial charge in [-0.1, -0.05) is 39.1 Å². The first-order valence-electron chi connectivity index (χ1n) is 6.91. The van der Waals surface area contributed by atoms with Crippen LogP contribution < -0.4 is 4.90 Å². The summed E-state index contributed by atoms with van der Waals surface area (Å²) in [4.78, 5) is 2.33. The summed E-state index contributed by atoms with van der Waals surface area (Å²) in [6, 6.07) is 12.4. The third-order valence-electron chi connectivity index (χ3n) is 3.65. The molecule has 2 aromatic rings. The molecule has 0 radical (unpaired) electrons. The van der Waals surface area contributed by atoms with Gasteiger partial charge in [0.15, 0.2) is 0 Å². The van der Waals surface area contributed by atoms with Gasteiger partial charge in [-0.05, 0) is 68.3 Å². The van der Waals surface area contributed by atoms with E-state index in [0.29, 0.717) is 0 Å². The monoisotopic (exact) mass is 385 g/mol. The van der Waals surface area contributed by atoms with Crippen LogP contribution in [0.1, 0.15) is 31.0 Å². The molecular weight excluding hydrogens is 369 g/mol. The van der Waals surface area contributed by atoms with Gasteiger partial charge in [0.05, 0.1) is 6.04 Å². The topological polar surface area (TPSA) is 3.24 Å². The molecule has 0 aromatic heterocycles. The molecule has 0 saturated heterocycles. The summed E-state index contributed by atoms with van der Waals surface area (Å²) >= 11 is 15.8. The largest absolute Gasteiger partial charge is 0.365 e. The van der Waals surface area contributed by atoms with Crippen molar-refractivity contribution in [3.63, 3.8) is 0 Å². The first kappa shape index (κ1) is 16.7. The average Bonchev–Trinajstić information content (AvgIpc) is 2.42. The molecule has 2 rings (SSSR count). The van der Waals surface area contributed by atoms with Crippen LogP contribution in [0.25, 0.3) is 0 Å². The van der Waals surface area contributed by atoms with E-state index in [4.69, 9.17) is 23.2 Å². The van der Waals surface area contributed by atoms with Gasteiger partial charge in [0, 0.05) is 26.8 Å². The summed E-state index contributed by atoms with van der Waals surface area (Å²) in [7, 11) is 0. The van der Waals surface area contributed by atoms with Crippen LogP contribution in [-0.2, 0) is 0 Å². The smallest absolute Gasteiger partial charge is 0.0515 e. The molecule has 1 atom stereocenters. The summed E-state index contributed by atoms with van der Waals surface area (Å²) in [6.45, 7) is 7.28. The van der Waals surface area contributed by atoms with Gasteiger partial charge in [0.2, 0.25) is 0 Å². The van der Waals surface area contributed by atoms with Gasteiger partial charge in [-0.15, -0.1) is 0 Å². The molecule has 2 aromatic carbocycles. The lowest BCUT2D eigenvalue weighted by atomic mass is 10.1. The second-order valence-electron chi connectivity index (χ2n) is 5.10. The van der Waals surface area contributed by atoms with Crippen molar-refractivity contribution in [2.45, 2.75) is 26.8 Å². The van der Waals surface area contributed by atoms with E-state index in [1.807, 2.05) is 25.1 Å². The summed E-state index contributed by atoms with van der Waals surface area (Å²) in [5, 5.41) is 1.54. The lowest BCUT2D eigenvalue weighted by Gasteiger charge is -2.31. The highest BCUT2D eigenvalue weighted by atomic mass is 79.9. The van der Waals surface area contributed by atoms with Crippen molar-refractivity contribution in [1.29, 1.82) is 0 Å². The lowest BCUT2D eigenvalue weighted by molar-refractivity contribution is 0.689. The van der Waals surface area contributed by atoms with E-state index in [-0.39, 0.29) is 6.04 Å². The number of anilines is 1. The van der Waals surface area contributed by atoms with Crippen molar-refractivity contribution >= 4 is 44.8 Å². The van der Waals surface area contributed by atoms with Crippen LogP contribution in [0, 0.1) is 6.92 Å². The summed E-state index contributed by atoms with van der Waals surface area (Å²) in [5.41, 5.74) is 3.44. The Balaban J connectivity index is 2.37. The Hall–Kier alpha value is -0.700. The maximum absolute atomic E-state index is 6.17. The third-order valence-corrected chi connectivity index (χ3v) is 4.75. The molecule has 1 unspecified atom stereocenters. The van der Waals surface area contributed by atoms with Crippen LogP contribution in [0.3, 0.4) is 0 Å². The Kier molecular flexibility index (Phi) is 5.59. The van der Waals surface area contributed by atoms with Gasteiger partial charge in [-0.3, -0.25) is 0 Å². The molecule has 0 aliphatic heterocycles. The van der Waals surface area contributed by atoms with E-state index in [0.717, 1.165) is 26.6 Å². The summed E-state index contributed by atoms with van der Waals surface area (Å²) in [5.74, 6) is 0. The van der Waals surface area contributed by atoms with E-state index in [1.165, 1.54) is 11.3 Å². The van der Waals surface area contributed by atoms with Crippen molar-refractivity contribution in [3.05, 3.63) is 62.0 Å². The number of halogens is 3. The standard InChI is InChI=1S/C17H18BrCl2N/c1-4-21(16-5-6-17(20)11(2)7-16)12(3)13-8-14(18)10-15(19)9-13/h5-10,12H,4H2,1-3H3. The predicted octanol–water partition coefficient (Wildman–Crippen LogP) is 6.65. The number of hydrogen-bond donors (Lipinski definition) is 0. The Morgan fingerprint density at radius 3 is 2.43 bits per heavy atom. The van der Waals surface area contributed by atoms with E-state index in [2.05, 4.69) is 52.9 Å². The normalized spacial score (nSPS) is 12.3. The van der Waals surface area contributed by atoms with Gasteiger partial charge >= 0.3 is 0 Å². The minimum atomic E-state index is 0.227. The second kappa shape index (κ2) is 7.04. The molecule has 0 bridgehead atoms. The fraction of sp³-hybridized carbons (Fsp3) is 0.294. The highest BCUT2D eigenvalue weighted by molar-refractivity contribution is 9.10. The van der Waals surface area contributed by atoms with Crippen LogP contribution in [-0.4, -0.2) is 6.54 Å². The fourth-order valence-electron chi connectivity index (χ4n) is 2.48. The average molecular weight is 387 g/mol. The maximum atomic E-state index is 6.17. The van der Waals surface area contributed by atoms with E-state index >= 15 is 0 Å². The molecule has 0 heterocycles. The van der Waals surface area contributed by atoms with Gasteiger partial charge in [-0.2, -0.15) is 0 Å². The van der Waals surface area contributed by atoms with Crippen molar-refractivity contribution in [2.75, 3.05) is 11.4 Å². The van der Waals surface area contributed by atoms with Crippen LogP contribution in [0.4, 0.5) is 5.69 Å². The summed E-state index contributed by atoms with van der Waals surface area (Å²) in [6.07, 6.45) is 0. The molecule has 21 heavy (non-hydrogen) atoms. The highest BCUT2D eigenvalue weighted by Gasteiger charge is 2.16. The van der Waals surface area contributed by atoms with Gasteiger partial charge in [0.1, 0.15) is 0 Å². The number of benzene rings is 2. The van der Waals surface area contributed by atoms with Crippen LogP contribution in [0.15, 0.2) is 40.9 Å². The van der Waals surface area contributed by atoms with Crippen LogP contribution in [0.2, 0.25) is 10.0 Å². The zero-order valence-electron chi connectivity index (χ0n) is 12.3. The number of hydrogen-bond acceptors (Lipinski definition) is 1. The quantitative estimate of drug-likeness (QED) is 0.568. The maximum Gasteiger partial charge on any atom is 0.0515 e. The SMILES string of the molecule is CCN(c1ccc(Cl)c(C)c1)C(C)c1cc(Cl)cc(Br)c1. The highest BCUT2D eigenvalue weighted by Crippen LogP contribution is 2.32. The molecule has 0 aliphatic carbocycles. The van der Waals surface area contributed by atoms with E-state index in [1.54, 1.807) is 0 Å². The molecule has 0 N–H and O–H groups in total. The van der Waals surface area contributed by atoms with Gasteiger partial charge in [-0.25, -0.2) is 0 Å². The third kappa shape index (κ3) is 3.94. The minimum absolute atomic E-state index is 0.227. The Bertz CT molecular complexity index is 622.